The molecule has 1 aliphatic heterocycles. The molecule has 6 heteroatoms. The number of carbonyl (C=O) groups excluding carboxylic acids is 1. The average molecular weight is 473 g/mol. The van der Waals surface area contributed by atoms with Gasteiger partial charge in [0, 0.05) is 16.9 Å². The van der Waals surface area contributed by atoms with Gasteiger partial charge in [0.05, 0.1) is 12.0 Å². The lowest BCUT2D eigenvalue weighted by atomic mass is 9.80. The molecule has 0 saturated heterocycles. The van der Waals surface area contributed by atoms with Crippen LogP contribution in [0.5, 0.6) is 0 Å². The van der Waals surface area contributed by atoms with E-state index in [4.69, 9.17) is 16.7 Å². The number of carboxylic acids is 1. The lowest BCUT2D eigenvalue weighted by Crippen LogP contribution is -2.53. The van der Waals surface area contributed by atoms with Crippen LogP contribution in [0.25, 0.3) is 0 Å². The quantitative estimate of drug-likeness (QED) is 0.455. The van der Waals surface area contributed by atoms with E-state index in [-0.39, 0.29) is 35.6 Å². The third kappa shape index (κ3) is 5.13. The van der Waals surface area contributed by atoms with Gasteiger partial charge in [0.2, 0.25) is 0 Å². The van der Waals surface area contributed by atoms with Gasteiger partial charge in [-0.25, -0.2) is 4.79 Å². The van der Waals surface area contributed by atoms with Crippen molar-refractivity contribution in [1.29, 1.82) is 0 Å². The number of aryl methyl sites for hydroxylation is 1. The molecule has 2 atom stereocenters. The number of halogens is 1. The van der Waals surface area contributed by atoms with Gasteiger partial charge in [-0.15, -0.1) is 0 Å². The minimum absolute atomic E-state index is 0.0467. The number of allylic oxidation sites excluding steroid dienone is 1. The second kappa shape index (κ2) is 8.83. The smallest absolute Gasteiger partial charge is 0.326 e. The number of urea groups is 1. The summed E-state index contributed by atoms with van der Waals surface area (Å²) in [5.41, 5.74) is 3.22. The van der Waals surface area contributed by atoms with Gasteiger partial charge >= 0.3 is 12.0 Å². The first-order chi connectivity index (χ1) is 15.2. The summed E-state index contributed by atoms with van der Waals surface area (Å²) < 4.78 is 0. The number of nitrogens with zero attached hydrogens (tertiary/aromatic N) is 1. The summed E-state index contributed by atoms with van der Waals surface area (Å²) in [5, 5.41) is 13.0. The monoisotopic (exact) mass is 472 g/mol. The van der Waals surface area contributed by atoms with Gasteiger partial charge in [0.1, 0.15) is 0 Å². The summed E-state index contributed by atoms with van der Waals surface area (Å²) in [5.74, 6) is -0.709. The number of fused-ring (bicyclic) bond motifs is 1. The molecule has 2 amide bonds. The van der Waals surface area contributed by atoms with Crippen molar-refractivity contribution in [1.82, 2.24) is 10.2 Å². The second-order valence-corrected chi connectivity index (χ2v) is 11.9. The molecule has 2 unspecified atom stereocenters. The molecule has 1 aromatic carbocycles. The highest BCUT2D eigenvalue weighted by molar-refractivity contribution is 6.31. The molecule has 1 saturated carbocycles. The molecule has 0 spiro atoms. The van der Waals surface area contributed by atoms with E-state index in [0.29, 0.717) is 5.70 Å². The van der Waals surface area contributed by atoms with Crippen molar-refractivity contribution in [3.63, 3.8) is 0 Å². The normalized spacial score (nSPS) is 24.2. The Morgan fingerprint density at radius 2 is 1.97 bits per heavy atom. The number of hydrogen-bond donors (Lipinski definition) is 2. The number of rotatable bonds is 7. The molecule has 33 heavy (non-hydrogen) atoms. The predicted octanol–water partition coefficient (Wildman–Crippen LogP) is 6.87. The molecule has 2 aliphatic rings. The van der Waals surface area contributed by atoms with E-state index < -0.39 is 11.5 Å². The predicted molar refractivity (Wildman–Crippen MR) is 133 cm³/mol. The zero-order chi connectivity index (χ0) is 24.8. The molecular formula is C27H37ClN2O3. The van der Waals surface area contributed by atoms with Crippen LogP contribution in [0.1, 0.15) is 78.4 Å². The molecule has 1 aliphatic carbocycles. The van der Waals surface area contributed by atoms with E-state index in [9.17, 15) is 9.59 Å². The van der Waals surface area contributed by atoms with E-state index in [2.05, 4.69) is 65.6 Å². The molecule has 0 bridgehead atoms. The van der Waals surface area contributed by atoms with E-state index in [1.165, 1.54) is 4.90 Å². The van der Waals surface area contributed by atoms with Crippen LogP contribution in [0.4, 0.5) is 4.79 Å². The fourth-order valence-corrected chi connectivity index (χ4v) is 5.26. The Kier molecular flexibility index (Phi) is 6.78. The summed E-state index contributed by atoms with van der Waals surface area (Å²) >= 11 is 6.75. The Bertz CT molecular complexity index is 1010. The fraction of sp³-hybridized carbons (Fsp3) is 0.556. The molecule has 0 radical (unpaired) electrons. The zero-order valence-electron chi connectivity index (χ0n) is 20.7. The molecule has 1 fully saturated rings. The molecule has 5 nitrogen and oxygen atoms in total. The summed E-state index contributed by atoms with van der Waals surface area (Å²) in [6, 6.07) is 5.92. The SMILES string of the molecule is C=C(CCC(=O)O)N1C=C2C(C)C(C)(C)CC2(c2ccc(CCC(C)(C)C)c(Cl)c2)NC1=O. The van der Waals surface area contributed by atoms with Crippen molar-refractivity contribution in [3.05, 3.63) is 58.4 Å². The van der Waals surface area contributed by atoms with Crippen LogP contribution in [0.15, 0.2) is 42.2 Å². The Morgan fingerprint density at radius 3 is 2.55 bits per heavy atom. The number of carboxylic acid groups (broad SMARTS) is 1. The maximum absolute atomic E-state index is 13.2. The van der Waals surface area contributed by atoms with E-state index in [1.807, 2.05) is 12.3 Å². The van der Waals surface area contributed by atoms with Crippen LogP contribution in [-0.2, 0) is 16.8 Å². The van der Waals surface area contributed by atoms with Gasteiger partial charge in [-0.1, -0.05) is 71.9 Å². The third-order valence-corrected chi connectivity index (χ3v) is 7.67. The minimum Gasteiger partial charge on any atom is -0.481 e. The number of hydrogen-bond acceptors (Lipinski definition) is 2. The fourth-order valence-electron chi connectivity index (χ4n) is 4.98. The number of benzene rings is 1. The highest BCUT2D eigenvalue weighted by Gasteiger charge is 2.56. The highest BCUT2D eigenvalue weighted by Crippen LogP contribution is 2.57. The van der Waals surface area contributed by atoms with Gasteiger partial charge in [-0.3, -0.25) is 9.69 Å². The van der Waals surface area contributed by atoms with Crippen LogP contribution in [0.2, 0.25) is 5.02 Å². The summed E-state index contributed by atoms with van der Waals surface area (Å²) in [7, 11) is 0. The lowest BCUT2D eigenvalue weighted by Gasteiger charge is -2.41. The largest absolute Gasteiger partial charge is 0.481 e. The van der Waals surface area contributed by atoms with Crippen LogP contribution in [-0.4, -0.2) is 22.0 Å². The Labute approximate surface area is 202 Å². The van der Waals surface area contributed by atoms with Crippen molar-refractivity contribution in [2.24, 2.45) is 16.7 Å². The Balaban J connectivity index is 2.00. The van der Waals surface area contributed by atoms with E-state index >= 15 is 0 Å². The zero-order valence-corrected chi connectivity index (χ0v) is 21.5. The lowest BCUT2D eigenvalue weighted by molar-refractivity contribution is -0.137. The number of carbonyl (C=O) groups is 2. The van der Waals surface area contributed by atoms with Crippen LogP contribution < -0.4 is 5.32 Å². The first kappa shape index (κ1) is 25.4. The van der Waals surface area contributed by atoms with Gasteiger partial charge in [0.15, 0.2) is 0 Å². The van der Waals surface area contributed by atoms with Crippen LogP contribution in [0, 0.1) is 16.7 Å². The summed E-state index contributed by atoms with van der Waals surface area (Å²) in [6.07, 6.45) is 4.73. The topological polar surface area (TPSA) is 69.6 Å². The van der Waals surface area contributed by atoms with Crippen LogP contribution in [0.3, 0.4) is 0 Å². The van der Waals surface area contributed by atoms with Gasteiger partial charge in [-0.05, 0) is 65.2 Å². The minimum atomic E-state index is -0.910. The van der Waals surface area contributed by atoms with Gasteiger partial charge in [-0.2, -0.15) is 0 Å². The first-order valence-electron chi connectivity index (χ1n) is 11.7. The molecule has 1 heterocycles. The third-order valence-electron chi connectivity index (χ3n) is 7.32. The summed E-state index contributed by atoms with van der Waals surface area (Å²) in [4.78, 5) is 25.7. The maximum Gasteiger partial charge on any atom is 0.326 e. The molecule has 2 N–H and O–H groups in total. The van der Waals surface area contributed by atoms with Crippen molar-refractivity contribution in [3.8, 4) is 0 Å². The van der Waals surface area contributed by atoms with E-state index in [0.717, 1.165) is 41.0 Å². The Morgan fingerprint density at radius 1 is 1.30 bits per heavy atom. The van der Waals surface area contributed by atoms with Gasteiger partial charge in [0.25, 0.3) is 0 Å². The maximum atomic E-state index is 13.2. The molecule has 180 valence electrons. The highest BCUT2D eigenvalue weighted by atomic mass is 35.5. The first-order valence-corrected chi connectivity index (χ1v) is 12.1. The molecule has 1 aromatic rings. The standard InChI is InChI=1S/C27H37ClN2O3/c1-17(8-11-23(31)32)30-15-21-18(2)26(6,7)16-27(21,29-24(30)33)20-10-9-19(22(28)14-20)12-13-25(3,4)5/h9-10,14-15,18H,1,8,11-13,16H2,2-7H3,(H,29,33)(H,31,32). The van der Waals surface area contributed by atoms with Crippen molar-refractivity contribution < 1.29 is 14.7 Å². The number of aliphatic carboxylic acids is 1. The Hall–Kier alpha value is -2.27. The van der Waals surface area contributed by atoms with Crippen molar-refractivity contribution in [2.75, 3.05) is 0 Å². The van der Waals surface area contributed by atoms with Crippen molar-refractivity contribution >= 4 is 23.6 Å². The number of nitrogens with one attached hydrogen (secondary N) is 1. The molecule has 3 rings (SSSR count). The van der Waals surface area contributed by atoms with Crippen LogP contribution >= 0.6 is 11.6 Å². The van der Waals surface area contributed by atoms with Gasteiger partial charge < -0.3 is 10.4 Å². The number of amides is 2. The molecule has 0 aromatic heterocycles. The average Bonchev–Trinajstić information content (AvgIpc) is 2.89. The van der Waals surface area contributed by atoms with Crippen molar-refractivity contribution in [2.45, 2.75) is 79.2 Å². The second-order valence-electron chi connectivity index (χ2n) is 11.5. The molecular weight excluding hydrogens is 436 g/mol. The van der Waals surface area contributed by atoms with E-state index in [1.54, 1.807) is 0 Å². The summed E-state index contributed by atoms with van der Waals surface area (Å²) in [6.45, 7) is 17.3.